The van der Waals surface area contributed by atoms with Gasteiger partial charge in [-0.1, -0.05) is 6.92 Å². The Labute approximate surface area is 117 Å². The van der Waals surface area contributed by atoms with Crippen LogP contribution >= 0.6 is 10.7 Å². The zero-order valence-corrected chi connectivity index (χ0v) is 12.6. The molecule has 1 saturated carbocycles. The summed E-state index contributed by atoms with van der Waals surface area (Å²) in [7, 11) is 1.58. The number of nitrogens with one attached hydrogen (secondary N) is 1. The Balaban J connectivity index is 2.30. The second kappa shape index (κ2) is 4.80. The van der Waals surface area contributed by atoms with E-state index >= 15 is 0 Å². The van der Waals surface area contributed by atoms with Crippen LogP contribution < -0.4 is 5.32 Å². The van der Waals surface area contributed by atoms with Crippen molar-refractivity contribution in [3.63, 3.8) is 0 Å². The number of benzene rings is 1. The topological polar surface area (TPSA) is 63.2 Å². The maximum atomic E-state index is 11.9. The number of hydrogen-bond acceptors (Lipinski definition) is 3. The Hall–Kier alpha value is -1.07. The molecule has 6 heteroatoms. The van der Waals surface area contributed by atoms with Gasteiger partial charge in [-0.2, -0.15) is 0 Å². The average molecular weight is 302 g/mol. The van der Waals surface area contributed by atoms with Crippen molar-refractivity contribution in [3.05, 3.63) is 23.3 Å². The predicted octanol–water partition coefficient (Wildman–Crippen LogP) is 2.83. The van der Waals surface area contributed by atoms with Crippen LogP contribution in [0.1, 0.15) is 24.5 Å². The van der Waals surface area contributed by atoms with Crippen LogP contribution in [-0.4, -0.2) is 14.3 Å². The van der Waals surface area contributed by atoms with Gasteiger partial charge in [0.15, 0.2) is 0 Å². The third-order valence-electron chi connectivity index (χ3n) is 3.48. The summed E-state index contributed by atoms with van der Waals surface area (Å²) in [6, 6.07) is 2.95. The Morgan fingerprint density at radius 3 is 2.16 bits per heavy atom. The van der Waals surface area contributed by atoms with E-state index in [9.17, 15) is 13.2 Å². The molecule has 0 heterocycles. The van der Waals surface area contributed by atoms with Crippen LogP contribution in [0.15, 0.2) is 17.0 Å². The molecule has 104 valence electrons. The standard InChI is InChI=1S/C13H16ClNO3S/c1-7-6-11(7)13(16)15-12-8(2)4-10(5-9(12)3)19(14,17)18/h4-5,7,11H,6H2,1-3H3,(H,15,16). The van der Waals surface area contributed by atoms with Gasteiger partial charge in [-0.05, 0) is 49.4 Å². The molecule has 2 rings (SSSR count). The predicted molar refractivity (Wildman–Crippen MR) is 74.9 cm³/mol. The zero-order chi connectivity index (χ0) is 14.4. The molecule has 1 aliphatic rings. The summed E-state index contributed by atoms with van der Waals surface area (Å²) >= 11 is 0. The third kappa shape index (κ3) is 3.09. The molecule has 1 N–H and O–H groups in total. The van der Waals surface area contributed by atoms with E-state index in [4.69, 9.17) is 10.7 Å². The Bertz CT molecular complexity index is 616. The number of anilines is 1. The van der Waals surface area contributed by atoms with Crippen molar-refractivity contribution in [2.75, 3.05) is 5.32 Å². The van der Waals surface area contributed by atoms with E-state index in [0.717, 1.165) is 6.42 Å². The van der Waals surface area contributed by atoms with Crippen LogP contribution in [0.4, 0.5) is 5.69 Å². The highest BCUT2D eigenvalue weighted by molar-refractivity contribution is 8.13. The van der Waals surface area contributed by atoms with Gasteiger partial charge in [-0.25, -0.2) is 8.42 Å². The molecule has 2 unspecified atom stereocenters. The fourth-order valence-corrected chi connectivity index (χ4v) is 3.07. The lowest BCUT2D eigenvalue weighted by Crippen LogP contribution is -2.16. The average Bonchev–Trinajstić information content (AvgIpc) is 2.99. The summed E-state index contributed by atoms with van der Waals surface area (Å²) in [5, 5.41) is 2.87. The lowest BCUT2D eigenvalue weighted by atomic mass is 10.1. The summed E-state index contributed by atoms with van der Waals surface area (Å²) in [6.07, 6.45) is 0.915. The number of amides is 1. The molecule has 0 aromatic heterocycles. The Kier molecular flexibility index (Phi) is 3.62. The molecular weight excluding hydrogens is 286 g/mol. The molecule has 0 spiro atoms. The van der Waals surface area contributed by atoms with Gasteiger partial charge in [0.2, 0.25) is 5.91 Å². The third-order valence-corrected chi connectivity index (χ3v) is 4.82. The number of aryl methyl sites for hydroxylation is 2. The molecule has 1 fully saturated rings. The highest BCUT2D eigenvalue weighted by Crippen LogP contribution is 2.39. The highest BCUT2D eigenvalue weighted by atomic mass is 35.7. The monoisotopic (exact) mass is 301 g/mol. The summed E-state index contributed by atoms with van der Waals surface area (Å²) in [4.78, 5) is 12.0. The largest absolute Gasteiger partial charge is 0.325 e. The molecular formula is C13H16ClNO3S. The van der Waals surface area contributed by atoms with Crippen molar-refractivity contribution in [1.82, 2.24) is 0 Å². The number of halogens is 1. The van der Waals surface area contributed by atoms with Crippen LogP contribution in [0.3, 0.4) is 0 Å². The maximum Gasteiger partial charge on any atom is 0.261 e. The smallest absolute Gasteiger partial charge is 0.261 e. The van der Waals surface area contributed by atoms with Crippen molar-refractivity contribution in [3.8, 4) is 0 Å². The summed E-state index contributed by atoms with van der Waals surface area (Å²) in [5.41, 5.74) is 2.06. The van der Waals surface area contributed by atoms with E-state index < -0.39 is 9.05 Å². The SMILES string of the molecule is Cc1cc(S(=O)(=O)Cl)cc(C)c1NC(=O)C1CC1C. The number of carbonyl (C=O) groups is 1. The van der Waals surface area contributed by atoms with E-state index in [2.05, 4.69) is 5.32 Å². The van der Waals surface area contributed by atoms with Gasteiger partial charge in [0.1, 0.15) is 0 Å². The van der Waals surface area contributed by atoms with Gasteiger partial charge >= 0.3 is 0 Å². The van der Waals surface area contributed by atoms with Gasteiger partial charge in [0, 0.05) is 22.3 Å². The van der Waals surface area contributed by atoms with Gasteiger partial charge in [-0.15, -0.1) is 0 Å². The van der Waals surface area contributed by atoms with Crippen LogP contribution in [0.5, 0.6) is 0 Å². The van der Waals surface area contributed by atoms with Gasteiger partial charge in [-0.3, -0.25) is 4.79 Å². The molecule has 4 nitrogen and oxygen atoms in total. The molecule has 1 aromatic rings. The van der Waals surface area contributed by atoms with Crippen LogP contribution in [0.2, 0.25) is 0 Å². The molecule has 1 aliphatic carbocycles. The van der Waals surface area contributed by atoms with E-state index in [1.165, 1.54) is 12.1 Å². The molecule has 0 bridgehead atoms. The molecule has 2 atom stereocenters. The quantitative estimate of drug-likeness (QED) is 0.873. The van der Waals surface area contributed by atoms with E-state index in [-0.39, 0.29) is 16.7 Å². The molecule has 0 saturated heterocycles. The van der Waals surface area contributed by atoms with Crippen molar-refractivity contribution >= 4 is 31.3 Å². The second-order valence-electron chi connectivity index (χ2n) is 5.18. The fourth-order valence-electron chi connectivity index (χ4n) is 2.17. The van der Waals surface area contributed by atoms with Crippen LogP contribution in [0.25, 0.3) is 0 Å². The maximum absolute atomic E-state index is 11.9. The van der Waals surface area contributed by atoms with Crippen molar-refractivity contribution < 1.29 is 13.2 Å². The van der Waals surface area contributed by atoms with Crippen molar-refractivity contribution in [2.45, 2.75) is 32.1 Å². The highest BCUT2D eigenvalue weighted by Gasteiger charge is 2.39. The number of rotatable bonds is 3. The fraction of sp³-hybridized carbons (Fsp3) is 0.462. The van der Waals surface area contributed by atoms with Gasteiger partial charge in [0.25, 0.3) is 9.05 Å². The van der Waals surface area contributed by atoms with E-state index in [1.807, 2.05) is 6.92 Å². The molecule has 0 radical (unpaired) electrons. The summed E-state index contributed by atoms with van der Waals surface area (Å²) < 4.78 is 22.6. The first-order chi connectivity index (χ1) is 8.70. The lowest BCUT2D eigenvalue weighted by molar-refractivity contribution is -0.117. The molecule has 1 aromatic carbocycles. The normalized spacial score (nSPS) is 22.1. The number of carbonyl (C=O) groups excluding carboxylic acids is 1. The first-order valence-corrected chi connectivity index (χ1v) is 8.38. The van der Waals surface area contributed by atoms with Gasteiger partial charge in [0.05, 0.1) is 4.90 Å². The molecule has 0 aliphatic heterocycles. The van der Waals surface area contributed by atoms with Gasteiger partial charge < -0.3 is 5.32 Å². The minimum atomic E-state index is -3.75. The zero-order valence-electron chi connectivity index (χ0n) is 11.0. The Morgan fingerprint density at radius 2 is 1.79 bits per heavy atom. The number of hydrogen-bond donors (Lipinski definition) is 1. The van der Waals surface area contributed by atoms with Crippen molar-refractivity contribution in [2.24, 2.45) is 11.8 Å². The van der Waals surface area contributed by atoms with Crippen LogP contribution in [-0.2, 0) is 13.8 Å². The van der Waals surface area contributed by atoms with E-state index in [1.54, 1.807) is 13.8 Å². The molecule has 19 heavy (non-hydrogen) atoms. The first-order valence-electron chi connectivity index (χ1n) is 6.07. The van der Waals surface area contributed by atoms with E-state index in [0.29, 0.717) is 22.7 Å². The minimum absolute atomic E-state index is 0.000167. The molecule has 1 amide bonds. The summed E-state index contributed by atoms with van der Waals surface area (Å²) in [6.45, 7) is 5.54. The summed E-state index contributed by atoms with van der Waals surface area (Å²) in [5.74, 6) is 0.513. The van der Waals surface area contributed by atoms with Crippen LogP contribution in [0, 0.1) is 25.7 Å². The lowest BCUT2D eigenvalue weighted by Gasteiger charge is -2.13. The first kappa shape index (κ1) is 14.3. The second-order valence-corrected chi connectivity index (χ2v) is 7.74. The van der Waals surface area contributed by atoms with Crippen molar-refractivity contribution in [1.29, 1.82) is 0 Å². The Morgan fingerprint density at radius 1 is 1.32 bits per heavy atom. The minimum Gasteiger partial charge on any atom is -0.325 e.